The summed E-state index contributed by atoms with van der Waals surface area (Å²) in [7, 11) is 0. The summed E-state index contributed by atoms with van der Waals surface area (Å²) >= 11 is 0. The number of hydrogen-bond acceptors (Lipinski definition) is 2. The molecule has 0 aliphatic heterocycles. The maximum atomic E-state index is 11.5. The SMILES string of the molecule is CCC(C)(C)c1cc(C(C)(C)C)c(O)c(C(=O)O)c1C. The molecule has 0 fully saturated rings. The van der Waals surface area contributed by atoms with Crippen LogP contribution in [-0.2, 0) is 10.8 Å². The second-order valence-electron chi connectivity index (χ2n) is 7.11. The molecule has 3 nitrogen and oxygen atoms in total. The van der Waals surface area contributed by atoms with Crippen LogP contribution in [0.25, 0.3) is 0 Å². The molecule has 0 unspecified atom stereocenters. The van der Waals surface area contributed by atoms with E-state index in [2.05, 4.69) is 20.8 Å². The summed E-state index contributed by atoms with van der Waals surface area (Å²) in [6, 6.07) is 1.97. The van der Waals surface area contributed by atoms with Crippen LogP contribution in [0.2, 0.25) is 0 Å². The van der Waals surface area contributed by atoms with E-state index in [4.69, 9.17) is 0 Å². The standard InChI is InChI=1S/C17H26O3/c1-8-17(6,7)11-9-12(16(3,4)5)14(18)13(10(11)2)15(19)20/h9,18H,8H2,1-7H3,(H,19,20). The third-order valence-electron chi connectivity index (χ3n) is 4.19. The van der Waals surface area contributed by atoms with Crippen molar-refractivity contribution in [2.24, 2.45) is 0 Å². The molecule has 0 saturated heterocycles. The number of phenols is 1. The van der Waals surface area contributed by atoms with Gasteiger partial charge in [-0.1, -0.05) is 47.6 Å². The highest BCUT2D eigenvalue weighted by atomic mass is 16.4. The van der Waals surface area contributed by atoms with Crippen molar-refractivity contribution in [2.45, 2.75) is 65.7 Å². The fourth-order valence-corrected chi connectivity index (χ4v) is 2.49. The minimum absolute atomic E-state index is 0.0361. The molecule has 0 heterocycles. The third kappa shape index (κ3) is 2.82. The Hall–Kier alpha value is -1.51. The molecule has 2 N–H and O–H groups in total. The van der Waals surface area contributed by atoms with Crippen molar-refractivity contribution < 1.29 is 15.0 Å². The first-order chi connectivity index (χ1) is 8.93. The van der Waals surface area contributed by atoms with Gasteiger partial charge in [-0.05, 0) is 35.3 Å². The van der Waals surface area contributed by atoms with Gasteiger partial charge in [-0.3, -0.25) is 0 Å². The molecule has 0 amide bonds. The number of aromatic carboxylic acids is 1. The third-order valence-corrected chi connectivity index (χ3v) is 4.19. The minimum Gasteiger partial charge on any atom is -0.507 e. The number of carboxylic acids is 1. The largest absolute Gasteiger partial charge is 0.507 e. The highest BCUT2D eigenvalue weighted by Crippen LogP contribution is 2.41. The molecule has 112 valence electrons. The Morgan fingerprint density at radius 1 is 1.15 bits per heavy atom. The van der Waals surface area contributed by atoms with E-state index in [9.17, 15) is 15.0 Å². The highest BCUT2D eigenvalue weighted by Gasteiger charge is 2.30. The van der Waals surface area contributed by atoms with Crippen LogP contribution in [-0.4, -0.2) is 16.2 Å². The molecule has 1 aromatic carbocycles. The van der Waals surface area contributed by atoms with Gasteiger partial charge in [0.25, 0.3) is 0 Å². The molecule has 3 heteroatoms. The van der Waals surface area contributed by atoms with E-state index in [1.54, 1.807) is 6.92 Å². The van der Waals surface area contributed by atoms with Crippen molar-refractivity contribution in [3.8, 4) is 5.75 Å². The number of carboxylic acid groups (broad SMARTS) is 1. The van der Waals surface area contributed by atoms with Crippen LogP contribution in [0.15, 0.2) is 6.07 Å². The van der Waals surface area contributed by atoms with E-state index in [-0.39, 0.29) is 22.1 Å². The van der Waals surface area contributed by atoms with E-state index in [1.807, 2.05) is 26.8 Å². The molecule has 0 radical (unpaired) electrons. The molecule has 0 aromatic heterocycles. The van der Waals surface area contributed by atoms with Gasteiger partial charge >= 0.3 is 5.97 Å². The van der Waals surface area contributed by atoms with Crippen LogP contribution in [0.5, 0.6) is 5.75 Å². The Kier molecular flexibility index (Phi) is 4.23. The predicted molar refractivity (Wildman–Crippen MR) is 81.8 cm³/mol. The Morgan fingerprint density at radius 2 is 1.65 bits per heavy atom. The quantitative estimate of drug-likeness (QED) is 0.862. The van der Waals surface area contributed by atoms with Gasteiger partial charge in [0, 0.05) is 5.56 Å². The van der Waals surface area contributed by atoms with Crippen molar-refractivity contribution >= 4 is 5.97 Å². The molecule has 0 bridgehead atoms. The Labute approximate surface area is 121 Å². The number of rotatable bonds is 3. The van der Waals surface area contributed by atoms with Crippen LogP contribution in [0.3, 0.4) is 0 Å². The lowest BCUT2D eigenvalue weighted by Crippen LogP contribution is -2.22. The van der Waals surface area contributed by atoms with E-state index in [1.165, 1.54) is 0 Å². The lowest BCUT2D eigenvalue weighted by Gasteiger charge is -2.30. The molecular weight excluding hydrogens is 252 g/mol. The molecule has 0 saturated carbocycles. The number of hydrogen-bond donors (Lipinski definition) is 2. The van der Waals surface area contributed by atoms with Gasteiger partial charge in [0.1, 0.15) is 11.3 Å². The second-order valence-corrected chi connectivity index (χ2v) is 7.11. The van der Waals surface area contributed by atoms with E-state index < -0.39 is 5.97 Å². The molecule has 20 heavy (non-hydrogen) atoms. The average molecular weight is 278 g/mol. The number of carbonyl (C=O) groups is 1. The van der Waals surface area contributed by atoms with Gasteiger partial charge in [0.05, 0.1) is 0 Å². The van der Waals surface area contributed by atoms with Gasteiger partial charge in [-0.15, -0.1) is 0 Å². The van der Waals surface area contributed by atoms with E-state index in [0.717, 1.165) is 12.0 Å². The van der Waals surface area contributed by atoms with Crippen molar-refractivity contribution in [2.75, 3.05) is 0 Å². The molecule has 0 spiro atoms. The zero-order valence-electron chi connectivity index (χ0n) is 13.6. The second kappa shape index (κ2) is 5.12. The zero-order chi connectivity index (χ0) is 15.9. The maximum Gasteiger partial charge on any atom is 0.339 e. The van der Waals surface area contributed by atoms with Gasteiger partial charge in [0.2, 0.25) is 0 Å². The van der Waals surface area contributed by atoms with Crippen molar-refractivity contribution in [1.29, 1.82) is 0 Å². The van der Waals surface area contributed by atoms with Crippen LogP contribution < -0.4 is 0 Å². The van der Waals surface area contributed by atoms with Crippen molar-refractivity contribution in [1.82, 2.24) is 0 Å². The van der Waals surface area contributed by atoms with Crippen LogP contribution in [0.1, 0.15) is 75.0 Å². The summed E-state index contributed by atoms with van der Waals surface area (Å²) in [6.07, 6.45) is 0.904. The summed E-state index contributed by atoms with van der Waals surface area (Å²) in [4.78, 5) is 11.5. The predicted octanol–water partition coefficient (Wildman–Crippen LogP) is 4.38. The van der Waals surface area contributed by atoms with Crippen LogP contribution >= 0.6 is 0 Å². The number of benzene rings is 1. The van der Waals surface area contributed by atoms with E-state index in [0.29, 0.717) is 11.1 Å². The van der Waals surface area contributed by atoms with Crippen LogP contribution in [0, 0.1) is 6.92 Å². The van der Waals surface area contributed by atoms with E-state index >= 15 is 0 Å². The summed E-state index contributed by atoms with van der Waals surface area (Å²) in [5.41, 5.74) is 1.96. The van der Waals surface area contributed by atoms with Crippen molar-refractivity contribution in [3.63, 3.8) is 0 Å². The first-order valence-corrected chi connectivity index (χ1v) is 7.04. The minimum atomic E-state index is -1.07. The molecule has 1 aromatic rings. The summed E-state index contributed by atoms with van der Waals surface area (Å²) in [5, 5.41) is 19.8. The summed E-state index contributed by atoms with van der Waals surface area (Å²) in [6.45, 7) is 14.0. The van der Waals surface area contributed by atoms with Gasteiger partial charge in [-0.25, -0.2) is 4.79 Å². The topological polar surface area (TPSA) is 57.5 Å². The fraction of sp³-hybridized carbons (Fsp3) is 0.588. The summed E-state index contributed by atoms with van der Waals surface area (Å²) in [5.74, 6) is -1.17. The molecular formula is C17H26O3. The lowest BCUT2D eigenvalue weighted by molar-refractivity contribution is 0.0692. The molecule has 0 atom stereocenters. The van der Waals surface area contributed by atoms with Gasteiger partial charge < -0.3 is 10.2 Å². The monoisotopic (exact) mass is 278 g/mol. The van der Waals surface area contributed by atoms with Gasteiger partial charge in [-0.2, -0.15) is 0 Å². The average Bonchev–Trinajstić information content (AvgIpc) is 2.26. The summed E-state index contributed by atoms with van der Waals surface area (Å²) < 4.78 is 0. The molecule has 0 aliphatic rings. The smallest absolute Gasteiger partial charge is 0.339 e. The normalized spacial score (nSPS) is 12.6. The van der Waals surface area contributed by atoms with Crippen LogP contribution in [0.4, 0.5) is 0 Å². The zero-order valence-corrected chi connectivity index (χ0v) is 13.6. The lowest BCUT2D eigenvalue weighted by atomic mass is 9.74. The molecule has 1 rings (SSSR count). The fourth-order valence-electron chi connectivity index (χ4n) is 2.49. The first kappa shape index (κ1) is 16.5. The Morgan fingerprint density at radius 3 is 2.00 bits per heavy atom. The van der Waals surface area contributed by atoms with Gasteiger partial charge in [0.15, 0.2) is 0 Å². The van der Waals surface area contributed by atoms with Crippen molar-refractivity contribution in [3.05, 3.63) is 28.3 Å². The molecule has 0 aliphatic carbocycles. The first-order valence-electron chi connectivity index (χ1n) is 7.04. The number of aromatic hydroxyl groups is 1. The Balaban J connectivity index is 3.81. The maximum absolute atomic E-state index is 11.5. The Bertz CT molecular complexity index is 534. The highest BCUT2D eigenvalue weighted by molar-refractivity contribution is 5.93.